The van der Waals surface area contributed by atoms with Gasteiger partial charge in [0.25, 0.3) is 0 Å². The van der Waals surface area contributed by atoms with E-state index in [4.69, 9.17) is 4.74 Å². The number of hydrogen-bond acceptors (Lipinski definition) is 3. The molecule has 20 heavy (non-hydrogen) atoms. The lowest BCUT2D eigenvalue weighted by Gasteiger charge is -2.25. The summed E-state index contributed by atoms with van der Waals surface area (Å²) < 4.78 is 34.0. The summed E-state index contributed by atoms with van der Waals surface area (Å²) in [6.07, 6.45) is 0.764. The Kier molecular flexibility index (Phi) is 5.31. The van der Waals surface area contributed by atoms with Crippen LogP contribution in [0.3, 0.4) is 0 Å². The molecule has 1 heterocycles. The highest BCUT2D eigenvalue weighted by molar-refractivity contribution is 5.51. The highest BCUT2D eigenvalue weighted by Crippen LogP contribution is 2.26. The van der Waals surface area contributed by atoms with Gasteiger partial charge < -0.3 is 15.0 Å². The smallest absolute Gasteiger partial charge is 0.149 e. The van der Waals surface area contributed by atoms with E-state index >= 15 is 0 Å². The fourth-order valence-corrected chi connectivity index (χ4v) is 2.49. The molecule has 112 valence electrons. The maximum Gasteiger partial charge on any atom is 0.149 e. The van der Waals surface area contributed by atoms with Gasteiger partial charge in [0.2, 0.25) is 0 Å². The molecule has 0 spiro atoms. The predicted molar refractivity (Wildman–Crippen MR) is 76.0 cm³/mol. The lowest BCUT2D eigenvalue weighted by Crippen LogP contribution is -2.31. The second-order valence-electron chi connectivity index (χ2n) is 5.17. The first kappa shape index (κ1) is 15.2. The molecule has 1 N–H and O–H groups in total. The number of nitrogens with zero attached hydrogens (tertiary/aromatic N) is 1. The molecule has 1 aromatic rings. The summed E-state index contributed by atoms with van der Waals surface area (Å²) in [6, 6.07) is 2.83. The number of ether oxygens (including phenoxy) is 1. The molecule has 3 nitrogen and oxygen atoms in total. The number of benzene rings is 1. The summed E-state index contributed by atoms with van der Waals surface area (Å²) in [6.45, 7) is 6.90. The van der Waals surface area contributed by atoms with Crippen LogP contribution in [0.2, 0.25) is 0 Å². The van der Waals surface area contributed by atoms with Crippen LogP contribution in [0.1, 0.15) is 25.8 Å². The van der Waals surface area contributed by atoms with E-state index in [0.29, 0.717) is 31.8 Å². The van der Waals surface area contributed by atoms with Crippen LogP contribution >= 0.6 is 0 Å². The normalized spacial score (nSPS) is 20.0. The second-order valence-corrected chi connectivity index (χ2v) is 5.17. The van der Waals surface area contributed by atoms with Crippen LogP contribution in [0.5, 0.6) is 0 Å². The van der Waals surface area contributed by atoms with Crippen LogP contribution in [0, 0.1) is 11.6 Å². The molecule has 1 aliphatic rings. The molecule has 0 aliphatic carbocycles. The molecule has 1 atom stereocenters. The van der Waals surface area contributed by atoms with E-state index in [1.54, 1.807) is 4.90 Å². The Morgan fingerprint density at radius 3 is 2.70 bits per heavy atom. The first-order chi connectivity index (χ1) is 9.61. The fourth-order valence-electron chi connectivity index (χ4n) is 2.49. The Morgan fingerprint density at radius 1 is 1.35 bits per heavy atom. The van der Waals surface area contributed by atoms with E-state index < -0.39 is 11.6 Å². The van der Waals surface area contributed by atoms with Gasteiger partial charge in [-0.25, -0.2) is 8.78 Å². The summed E-state index contributed by atoms with van der Waals surface area (Å²) in [7, 11) is 0. The fraction of sp³-hybridized carbons (Fsp3) is 0.600. The van der Waals surface area contributed by atoms with Crippen molar-refractivity contribution < 1.29 is 13.5 Å². The van der Waals surface area contributed by atoms with Crippen LogP contribution in [0.25, 0.3) is 0 Å². The largest absolute Gasteiger partial charge is 0.377 e. The van der Waals surface area contributed by atoms with Crippen molar-refractivity contribution in [2.45, 2.75) is 32.9 Å². The third-order valence-corrected chi connectivity index (χ3v) is 3.42. The zero-order valence-electron chi connectivity index (χ0n) is 12.1. The summed E-state index contributed by atoms with van der Waals surface area (Å²) in [5, 5.41) is 3.07. The Balaban J connectivity index is 2.22. The van der Waals surface area contributed by atoms with Gasteiger partial charge in [-0.3, -0.25) is 0 Å². The summed E-state index contributed by atoms with van der Waals surface area (Å²) >= 11 is 0. The van der Waals surface area contributed by atoms with Gasteiger partial charge in [-0.05, 0) is 37.6 Å². The van der Waals surface area contributed by atoms with Crippen LogP contribution in [-0.2, 0) is 11.3 Å². The van der Waals surface area contributed by atoms with Crippen molar-refractivity contribution in [3.8, 4) is 0 Å². The molecule has 5 heteroatoms. The summed E-state index contributed by atoms with van der Waals surface area (Å²) in [5.41, 5.74) is 0.701. The topological polar surface area (TPSA) is 24.5 Å². The van der Waals surface area contributed by atoms with E-state index in [0.717, 1.165) is 13.0 Å². The molecule has 0 amide bonds. The van der Waals surface area contributed by atoms with Crippen LogP contribution in [0.4, 0.5) is 14.5 Å². The molecule has 0 radical (unpaired) electrons. The molecule has 1 fully saturated rings. The zero-order valence-corrected chi connectivity index (χ0v) is 12.1. The van der Waals surface area contributed by atoms with E-state index in [1.165, 1.54) is 12.1 Å². The summed E-state index contributed by atoms with van der Waals surface area (Å²) in [4.78, 5) is 1.75. The maximum atomic E-state index is 14.2. The van der Waals surface area contributed by atoms with E-state index in [-0.39, 0.29) is 11.8 Å². The molecular weight excluding hydrogens is 262 g/mol. The third-order valence-electron chi connectivity index (χ3n) is 3.42. The van der Waals surface area contributed by atoms with Gasteiger partial charge >= 0.3 is 0 Å². The average molecular weight is 284 g/mol. The van der Waals surface area contributed by atoms with E-state index in [2.05, 4.69) is 5.32 Å². The standard InChI is InChI=1S/C15H22F2N2O/c1-3-18-9-12-7-13(16)15(14(17)8-12)19-5-4-6-20-11(2)10-19/h7-8,11,18H,3-6,9-10H2,1-2H3. The van der Waals surface area contributed by atoms with Gasteiger partial charge in [0.15, 0.2) is 0 Å². The molecule has 1 aliphatic heterocycles. The number of hydrogen-bond donors (Lipinski definition) is 1. The van der Waals surface area contributed by atoms with Crippen molar-refractivity contribution in [3.05, 3.63) is 29.3 Å². The molecule has 1 unspecified atom stereocenters. The summed E-state index contributed by atoms with van der Waals surface area (Å²) in [5.74, 6) is -0.987. The first-order valence-electron chi connectivity index (χ1n) is 7.17. The molecule has 1 saturated heterocycles. The van der Waals surface area contributed by atoms with Crippen molar-refractivity contribution >= 4 is 5.69 Å². The van der Waals surface area contributed by atoms with E-state index in [1.807, 2.05) is 13.8 Å². The van der Waals surface area contributed by atoms with Gasteiger partial charge in [-0.1, -0.05) is 6.92 Å². The quantitative estimate of drug-likeness (QED) is 0.920. The SMILES string of the molecule is CCNCc1cc(F)c(N2CCCOC(C)C2)c(F)c1. The van der Waals surface area contributed by atoms with Crippen molar-refractivity contribution in [2.75, 3.05) is 31.1 Å². The lowest BCUT2D eigenvalue weighted by molar-refractivity contribution is 0.0820. The van der Waals surface area contributed by atoms with Crippen molar-refractivity contribution in [1.82, 2.24) is 5.32 Å². The highest BCUT2D eigenvalue weighted by atomic mass is 19.1. The van der Waals surface area contributed by atoms with Crippen molar-refractivity contribution in [3.63, 3.8) is 0 Å². The Morgan fingerprint density at radius 2 is 2.05 bits per heavy atom. The highest BCUT2D eigenvalue weighted by Gasteiger charge is 2.22. The monoisotopic (exact) mass is 284 g/mol. The predicted octanol–water partition coefficient (Wildman–Crippen LogP) is 2.69. The molecule has 1 aromatic carbocycles. The zero-order chi connectivity index (χ0) is 14.5. The number of nitrogens with one attached hydrogen (secondary N) is 1. The van der Waals surface area contributed by atoms with Crippen molar-refractivity contribution in [2.24, 2.45) is 0 Å². The van der Waals surface area contributed by atoms with Crippen LogP contribution in [0.15, 0.2) is 12.1 Å². The maximum absolute atomic E-state index is 14.2. The molecule has 0 aromatic heterocycles. The van der Waals surface area contributed by atoms with Crippen molar-refractivity contribution in [1.29, 1.82) is 0 Å². The van der Waals surface area contributed by atoms with Crippen LogP contribution < -0.4 is 10.2 Å². The molecule has 0 bridgehead atoms. The molecular formula is C15H22F2N2O. The first-order valence-corrected chi connectivity index (χ1v) is 7.17. The minimum atomic E-state index is -0.494. The molecule has 2 rings (SSSR count). The average Bonchev–Trinajstić information content (AvgIpc) is 2.60. The number of halogens is 2. The Bertz CT molecular complexity index is 430. The second kappa shape index (κ2) is 6.99. The number of rotatable bonds is 4. The Hall–Kier alpha value is -1.20. The van der Waals surface area contributed by atoms with Gasteiger partial charge in [0, 0.05) is 26.2 Å². The lowest BCUT2D eigenvalue weighted by atomic mass is 10.1. The number of anilines is 1. The minimum absolute atomic E-state index is 0.0160. The van der Waals surface area contributed by atoms with Gasteiger partial charge in [-0.15, -0.1) is 0 Å². The minimum Gasteiger partial charge on any atom is -0.377 e. The van der Waals surface area contributed by atoms with Gasteiger partial charge in [0.1, 0.15) is 17.3 Å². The van der Waals surface area contributed by atoms with Crippen LogP contribution in [-0.4, -0.2) is 32.3 Å². The Labute approximate surface area is 118 Å². The molecule has 0 saturated carbocycles. The van der Waals surface area contributed by atoms with Gasteiger partial charge in [0.05, 0.1) is 6.10 Å². The third kappa shape index (κ3) is 3.67. The van der Waals surface area contributed by atoms with E-state index in [9.17, 15) is 8.78 Å². The van der Waals surface area contributed by atoms with Gasteiger partial charge in [-0.2, -0.15) is 0 Å².